The van der Waals surface area contributed by atoms with Gasteiger partial charge in [-0.05, 0) is 52.6 Å². The lowest BCUT2D eigenvalue weighted by molar-refractivity contribution is -0.384. The third kappa shape index (κ3) is 3.41. The van der Waals surface area contributed by atoms with Gasteiger partial charge in [0.05, 0.1) is 22.2 Å². The number of benzene rings is 4. The quantitative estimate of drug-likeness (QED) is 0.164. The van der Waals surface area contributed by atoms with Crippen molar-refractivity contribution in [3.63, 3.8) is 0 Å². The van der Waals surface area contributed by atoms with E-state index >= 15 is 0 Å². The number of hydrazone groups is 1. The van der Waals surface area contributed by atoms with Crippen LogP contribution in [0.15, 0.2) is 102 Å². The highest BCUT2D eigenvalue weighted by molar-refractivity contribution is 6.25. The minimum atomic E-state index is -1.27. The van der Waals surface area contributed by atoms with E-state index in [2.05, 4.69) is 10.5 Å². The molecule has 8 rings (SSSR count). The van der Waals surface area contributed by atoms with Gasteiger partial charge in [-0.1, -0.05) is 60.7 Å². The van der Waals surface area contributed by atoms with Crippen LogP contribution in [0.2, 0.25) is 0 Å². The first-order valence-corrected chi connectivity index (χ1v) is 13.2. The molecule has 4 aromatic rings. The summed E-state index contributed by atoms with van der Waals surface area (Å²) in [5, 5.41) is 16.2. The molecule has 0 spiro atoms. The van der Waals surface area contributed by atoms with Crippen LogP contribution in [0.1, 0.15) is 38.5 Å². The molecule has 0 saturated carbocycles. The Bertz CT molecular complexity index is 1810. The Kier molecular flexibility index (Phi) is 5.62. The van der Waals surface area contributed by atoms with E-state index in [9.17, 15) is 28.9 Å². The van der Waals surface area contributed by atoms with Gasteiger partial charge >= 0.3 is 0 Å². The van der Waals surface area contributed by atoms with Crippen molar-refractivity contribution in [3.8, 4) is 0 Å². The first kappa shape index (κ1) is 25.5. The summed E-state index contributed by atoms with van der Waals surface area (Å²) >= 11 is 0. The van der Waals surface area contributed by atoms with E-state index in [4.69, 9.17) is 0 Å². The average molecular weight is 561 g/mol. The summed E-state index contributed by atoms with van der Waals surface area (Å²) in [6, 6.07) is 25.7. The van der Waals surface area contributed by atoms with Crippen LogP contribution in [0.3, 0.4) is 0 Å². The maximum absolute atomic E-state index is 14.4. The van der Waals surface area contributed by atoms with Crippen molar-refractivity contribution >= 4 is 35.3 Å². The number of imide groups is 1. The monoisotopic (exact) mass is 560 g/mol. The van der Waals surface area contributed by atoms with E-state index < -0.39 is 51.6 Å². The Labute approximate surface area is 238 Å². The molecule has 10 heteroatoms. The summed E-state index contributed by atoms with van der Waals surface area (Å²) in [5.41, 5.74) is 4.18. The summed E-state index contributed by atoms with van der Waals surface area (Å²) < 4.78 is 13.4. The van der Waals surface area contributed by atoms with E-state index in [0.29, 0.717) is 0 Å². The van der Waals surface area contributed by atoms with Gasteiger partial charge in [0.1, 0.15) is 11.5 Å². The Morgan fingerprint density at radius 3 is 2.12 bits per heavy atom. The van der Waals surface area contributed by atoms with Crippen molar-refractivity contribution in [2.45, 2.75) is 11.3 Å². The molecule has 1 saturated heterocycles. The third-order valence-corrected chi connectivity index (χ3v) is 8.54. The third-order valence-electron chi connectivity index (χ3n) is 8.54. The number of amides is 3. The molecule has 206 valence electrons. The Morgan fingerprint density at radius 2 is 1.48 bits per heavy atom. The molecule has 42 heavy (non-hydrogen) atoms. The number of rotatable bonds is 5. The SMILES string of the molecule is O=C(N/N=C/C12c3ccccc3C(c3ccccc31)[C@H]1C(=O)N(c3ccccc3[N+](=O)[O-])C(=O)[C@H]12)c1ccc(F)cc1. The van der Waals surface area contributed by atoms with Crippen molar-refractivity contribution in [1.82, 2.24) is 5.43 Å². The lowest BCUT2D eigenvalue weighted by atomic mass is 9.47. The maximum Gasteiger partial charge on any atom is 0.293 e. The number of nitrogens with one attached hydrogen (secondary N) is 1. The van der Waals surface area contributed by atoms with Crippen LogP contribution < -0.4 is 10.3 Å². The smallest absolute Gasteiger partial charge is 0.274 e. The molecule has 4 aromatic carbocycles. The molecule has 2 atom stereocenters. The second kappa shape index (κ2) is 9.27. The van der Waals surface area contributed by atoms with Gasteiger partial charge < -0.3 is 0 Å². The summed E-state index contributed by atoms with van der Waals surface area (Å²) in [6.45, 7) is 0. The summed E-state index contributed by atoms with van der Waals surface area (Å²) in [4.78, 5) is 53.6. The van der Waals surface area contributed by atoms with E-state index in [1.807, 2.05) is 48.5 Å². The second-order valence-electron chi connectivity index (χ2n) is 10.5. The van der Waals surface area contributed by atoms with Gasteiger partial charge in [-0.3, -0.25) is 24.5 Å². The molecule has 0 radical (unpaired) electrons. The van der Waals surface area contributed by atoms with Gasteiger partial charge in [0.15, 0.2) is 0 Å². The number of carbonyl (C=O) groups is 3. The predicted octanol–water partition coefficient (Wildman–Crippen LogP) is 4.70. The van der Waals surface area contributed by atoms with E-state index in [1.54, 1.807) is 6.07 Å². The number of hydrogen-bond acceptors (Lipinski definition) is 6. The molecular weight excluding hydrogens is 539 g/mol. The fourth-order valence-corrected chi connectivity index (χ4v) is 6.95. The summed E-state index contributed by atoms with van der Waals surface area (Å²) in [5.74, 6) is -4.48. The lowest BCUT2D eigenvalue weighted by Crippen LogP contribution is -2.54. The zero-order chi connectivity index (χ0) is 29.2. The zero-order valence-corrected chi connectivity index (χ0v) is 21.8. The molecule has 1 aliphatic heterocycles. The summed E-state index contributed by atoms with van der Waals surface area (Å²) in [7, 11) is 0. The van der Waals surface area contributed by atoms with Crippen LogP contribution >= 0.6 is 0 Å². The van der Waals surface area contributed by atoms with Crippen molar-refractivity contribution in [2.75, 3.05) is 4.90 Å². The molecule has 2 bridgehead atoms. The normalized spacial score (nSPS) is 23.5. The molecule has 4 aliphatic rings. The average Bonchev–Trinajstić information content (AvgIpc) is 3.28. The lowest BCUT2D eigenvalue weighted by Gasteiger charge is -2.52. The minimum absolute atomic E-state index is 0.0869. The van der Waals surface area contributed by atoms with Crippen LogP contribution in [0.4, 0.5) is 15.8 Å². The first-order chi connectivity index (χ1) is 20.3. The Hall–Kier alpha value is -5.51. The van der Waals surface area contributed by atoms with E-state index in [-0.39, 0.29) is 16.9 Å². The molecule has 9 nitrogen and oxygen atoms in total. The van der Waals surface area contributed by atoms with Gasteiger partial charge in [-0.25, -0.2) is 14.7 Å². The fourth-order valence-electron chi connectivity index (χ4n) is 6.95. The van der Waals surface area contributed by atoms with Crippen molar-refractivity contribution in [2.24, 2.45) is 16.9 Å². The molecule has 0 aromatic heterocycles. The minimum Gasteiger partial charge on any atom is -0.274 e. The first-order valence-electron chi connectivity index (χ1n) is 13.2. The number of nitrogens with zero attached hydrogens (tertiary/aromatic N) is 3. The number of hydrogen-bond donors (Lipinski definition) is 1. The number of nitro benzene ring substituents is 1. The molecule has 3 aliphatic carbocycles. The molecular formula is C32H21FN4O5. The maximum atomic E-state index is 14.4. The van der Waals surface area contributed by atoms with Crippen molar-refractivity contribution in [3.05, 3.63) is 141 Å². The van der Waals surface area contributed by atoms with Gasteiger partial charge in [-0.15, -0.1) is 0 Å². The zero-order valence-electron chi connectivity index (χ0n) is 21.8. The Morgan fingerprint density at radius 1 is 0.881 bits per heavy atom. The topological polar surface area (TPSA) is 122 Å². The van der Waals surface area contributed by atoms with Crippen molar-refractivity contribution in [1.29, 1.82) is 0 Å². The highest BCUT2D eigenvalue weighted by Crippen LogP contribution is 2.63. The van der Waals surface area contributed by atoms with E-state index in [0.717, 1.165) is 39.3 Å². The summed E-state index contributed by atoms with van der Waals surface area (Å²) in [6.07, 6.45) is 1.49. The van der Waals surface area contributed by atoms with Crippen molar-refractivity contribution < 1.29 is 23.7 Å². The highest BCUT2D eigenvalue weighted by Gasteiger charge is 2.68. The van der Waals surface area contributed by atoms with Crippen LogP contribution in [0.5, 0.6) is 0 Å². The molecule has 3 amide bonds. The highest BCUT2D eigenvalue weighted by atomic mass is 19.1. The second-order valence-corrected chi connectivity index (χ2v) is 10.5. The van der Waals surface area contributed by atoms with Crippen LogP contribution in [-0.2, 0) is 15.0 Å². The van der Waals surface area contributed by atoms with Gasteiger partial charge in [0.2, 0.25) is 11.8 Å². The standard InChI is InChI=1S/C32H21FN4O5/c33-19-15-13-18(14-16-19)29(38)35-34-17-32-22-9-3-1-7-20(22)26(21-8-2-4-10-23(21)32)27-28(32)31(40)36(30(27)39)24-11-5-6-12-25(24)37(41)42/h1-17,26-28H,(H,35,38)/b34-17+/t26?,27-,28+,32?/m1/s1. The van der Waals surface area contributed by atoms with Gasteiger partial charge in [0.25, 0.3) is 11.6 Å². The van der Waals surface area contributed by atoms with Gasteiger partial charge in [0, 0.05) is 23.8 Å². The molecule has 1 fully saturated rings. The largest absolute Gasteiger partial charge is 0.293 e. The number of anilines is 1. The molecule has 1 heterocycles. The number of nitro groups is 1. The Balaban J connectivity index is 1.41. The fraction of sp³-hybridized carbons (Fsp3) is 0.125. The van der Waals surface area contributed by atoms with Crippen LogP contribution in [0.25, 0.3) is 0 Å². The molecule has 0 unspecified atom stereocenters. The number of carbonyl (C=O) groups excluding carboxylic acids is 3. The van der Waals surface area contributed by atoms with Gasteiger partial charge in [-0.2, -0.15) is 5.10 Å². The molecule has 1 N–H and O–H groups in total. The number of para-hydroxylation sites is 2. The number of halogens is 1. The van der Waals surface area contributed by atoms with Crippen LogP contribution in [0, 0.1) is 27.8 Å². The van der Waals surface area contributed by atoms with Crippen LogP contribution in [-0.4, -0.2) is 28.9 Å². The predicted molar refractivity (Wildman–Crippen MR) is 150 cm³/mol. The van der Waals surface area contributed by atoms with E-state index in [1.165, 1.54) is 36.5 Å².